The molecular weight excluding hydrogens is 144 g/mol. The lowest BCUT2D eigenvalue weighted by molar-refractivity contribution is -0.146. The Bertz CT molecular complexity index is 133. The van der Waals surface area contributed by atoms with E-state index < -0.39 is 18.0 Å². The topological polar surface area (TPSA) is 57.5 Å². The molecule has 0 saturated heterocycles. The fourth-order valence-corrected chi connectivity index (χ4v) is 0.880. The SMILES string of the molecule is CC[C@H](C)C(O)C(C)C(=O)O. The van der Waals surface area contributed by atoms with Gasteiger partial charge in [0, 0.05) is 0 Å². The summed E-state index contributed by atoms with van der Waals surface area (Å²) < 4.78 is 0. The average Bonchev–Trinajstić information content (AvgIpc) is 2.00. The molecule has 3 atom stereocenters. The van der Waals surface area contributed by atoms with Gasteiger partial charge in [-0.1, -0.05) is 20.3 Å². The van der Waals surface area contributed by atoms with Crippen LogP contribution in [-0.2, 0) is 4.79 Å². The van der Waals surface area contributed by atoms with E-state index in [-0.39, 0.29) is 5.92 Å². The highest BCUT2D eigenvalue weighted by atomic mass is 16.4. The molecule has 0 aromatic carbocycles. The van der Waals surface area contributed by atoms with E-state index in [4.69, 9.17) is 5.11 Å². The third-order valence-corrected chi connectivity index (χ3v) is 2.13. The zero-order chi connectivity index (χ0) is 9.02. The normalized spacial score (nSPS) is 18.9. The molecule has 0 heterocycles. The van der Waals surface area contributed by atoms with Crippen molar-refractivity contribution in [2.45, 2.75) is 33.3 Å². The fraction of sp³-hybridized carbons (Fsp3) is 0.875. The van der Waals surface area contributed by atoms with Crippen LogP contribution in [0.2, 0.25) is 0 Å². The second-order valence-corrected chi connectivity index (χ2v) is 3.00. The summed E-state index contributed by atoms with van der Waals surface area (Å²) in [5, 5.41) is 17.9. The number of hydrogen-bond acceptors (Lipinski definition) is 2. The Morgan fingerprint density at radius 1 is 1.45 bits per heavy atom. The minimum absolute atomic E-state index is 0.0566. The molecule has 0 spiro atoms. The van der Waals surface area contributed by atoms with Gasteiger partial charge >= 0.3 is 5.97 Å². The highest BCUT2D eigenvalue weighted by Gasteiger charge is 2.24. The van der Waals surface area contributed by atoms with Crippen molar-refractivity contribution in [3.63, 3.8) is 0 Å². The number of aliphatic hydroxyl groups is 1. The van der Waals surface area contributed by atoms with Gasteiger partial charge in [-0.15, -0.1) is 0 Å². The summed E-state index contributed by atoms with van der Waals surface area (Å²) in [7, 11) is 0. The summed E-state index contributed by atoms with van der Waals surface area (Å²) in [5.41, 5.74) is 0. The number of carboxylic acids is 1. The Morgan fingerprint density at radius 3 is 2.18 bits per heavy atom. The molecule has 0 fully saturated rings. The predicted molar refractivity (Wildman–Crippen MR) is 42.3 cm³/mol. The van der Waals surface area contributed by atoms with Gasteiger partial charge in [-0.25, -0.2) is 0 Å². The molecule has 0 bridgehead atoms. The molecule has 0 aliphatic heterocycles. The highest BCUT2D eigenvalue weighted by Crippen LogP contribution is 2.15. The van der Waals surface area contributed by atoms with Crippen LogP contribution in [-0.4, -0.2) is 22.3 Å². The zero-order valence-corrected chi connectivity index (χ0v) is 7.24. The van der Waals surface area contributed by atoms with Gasteiger partial charge in [0.1, 0.15) is 0 Å². The number of carbonyl (C=O) groups is 1. The molecule has 2 unspecified atom stereocenters. The van der Waals surface area contributed by atoms with Crippen LogP contribution in [0.4, 0.5) is 0 Å². The van der Waals surface area contributed by atoms with Crippen LogP contribution >= 0.6 is 0 Å². The van der Waals surface area contributed by atoms with Gasteiger partial charge in [-0.3, -0.25) is 4.79 Å². The van der Waals surface area contributed by atoms with Crippen LogP contribution in [0.3, 0.4) is 0 Å². The van der Waals surface area contributed by atoms with Crippen LogP contribution in [0.5, 0.6) is 0 Å². The zero-order valence-electron chi connectivity index (χ0n) is 7.24. The summed E-state index contributed by atoms with van der Waals surface area (Å²) >= 11 is 0. The van der Waals surface area contributed by atoms with Crippen LogP contribution in [0.25, 0.3) is 0 Å². The molecule has 0 radical (unpaired) electrons. The van der Waals surface area contributed by atoms with Crippen molar-refractivity contribution in [2.24, 2.45) is 11.8 Å². The first kappa shape index (κ1) is 10.4. The number of hydrogen-bond donors (Lipinski definition) is 2. The molecule has 0 aliphatic carbocycles. The first-order valence-electron chi connectivity index (χ1n) is 3.91. The van der Waals surface area contributed by atoms with Gasteiger partial charge in [0.15, 0.2) is 0 Å². The summed E-state index contributed by atoms with van der Waals surface area (Å²) in [6.07, 6.45) is 0.0798. The van der Waals surface area contributed by atoms with Crippen LogP contribution in [0, 0.1) is 11.8 Å². The Morgan fingerprint density at radius 2 is 1.91 bits per heavy atom. The number of aliphatic hydroxyl groups excluding tert-OH is 1. The predicted octanol–water partition coefficient (Wildman–Crippen LogP) is 1.11. The molecule has 0 aromatic heterocycles. The van der Waals surface area contributed by atoms with Gasteiger partial charge in [0.25, 0.3) is 0 Å². The van der Waals surface area contributed by atoms with E-state index in [0.29, 0.717) is 0 Å². The lowest BCUT2D eigenvalue weighted by Gasteiger charge is -2.20. The van der Waals surface area contributed by atoms with Crippen LogP contribution < -0.4 is 0 Å². The molecule has 0 rings (SSSR count). The largest absolute Gasteiger partial charge is 0.481 e. The van der Waals surface area contributed by atoms with Gasteiger partial charge in [0.05, 0.1) is 12.0 Å². The molecular formula is C8H16O3. The lowest BCUT2D eigenvalue weighted by Crippen LogP contribution is -2.30. The van der Waals surface area contributed by atoms with E-state index in [1.165, 1.54) is 6.92 Å². The highest BCUT2D eigenvalue weighted by molar-refractivity contribution is 5.70. The number of carboxylic acid groups (broad SMARTS) is 1. The van der Waals surface area contributed by atoms with Crippen molar-refractivity contribution in [1.82, 2.24) is 0 Å². The molecule has 11 heavy (non-hydrogen) atoms. The van der Waals surface area contributed by atoms with Crippen molar-refractivity contribution in [3.8, 4) is 0 Å². The molecule has 66 valence electrons. The third-order valence-electron chi connectivity index (χ3n) is 2.13. The van der Waals surface area contributed by atoms with Gasteiger partial charge in [-0.2, -0.15) is 0 Å². The Balaban J connectivity index is 4.00. The third kappa shape index (κ3) is 2.89. The fourth-order valence-electron chi connectivity index (χ4n) is 0.880. The first-order valence-corrected chi connectivity index (χ1v) is 3.91. The van der Waals surface area contributed by atoms with E-state index in [1.807, 2.05) is 13.8 Å². The van der Waals surface area contributed by atoms with E-state index in [9.17, 15) is 9.90 Å². The summed E-state index contributed by atoms with van der Waals surface area (Å²) in [4.78, 5) is 10.4. The minimum Gasteiger partial charge on any atom is -0.481 e. The van der Waals surface area contributed by atoms with Crippen molar-refractivity contribution in [1.29, 1.82) is 0 Å². The van der Waals surface area contributed by atoms with E-state index >= 15 is 0 Å². The molecule has 0 aliphatic rings. The Kier molecular flexibility index (Phi) is 4.11. The summed E-state index contributed by atoms with van der Waals surface area (Å²) in [6, 6.07) is 0. The Hall–Kier alpha value is -0.570. The first-order chi connectivity index (χ1) is 5.00. The van der Waals surface area contributed by atoms with E-state index in [1.54, 1.807) is 0 Å². The minimum atomic E-state index is -0.933. The summed E-state index contributed by atoms with van der Waals surface area (Å²) in [5.74, 6) is -1.54. The standard InChI is InChI=1S/C8H16O3/c1-4-5(2)7(9)6(3)8(10)11/h5-7,9H,4H2,1-3H3,(H,10,11)/t5-,6?,7?/m0/s1. The van der Waals surface area contributed by atoms with E-state index in [0.717, 1.165) is 6.42 Å². The number of aliphatic carboxylic acids is 1. The van der Waals surface area contributed by atoms with Crippen molar-refractivity contribution in [3.05, 3.63) is 0 Å². The average molecular weight is 160 g/mol. The Labute approximate surface area is 67.0 Å². The summed E-state index contributed by atoms with van der Waals surface area (Å²) in [6.45, 7) is 5.31. The molecule has 0 saturated carbocycles. The second-order valence-electron chi connectivity index (χ2n) is 3.00. The quantitative estimate of drug-likeness (QED) is 0.647. The van der Waals surface area contributed by atoms with Gasteiger partial charge in [0.2, 0.25) is 0 Å². The molecule has 0 aromatic rings. The molecule has 2 N–H and O–H groups in total. The monoisotopic (exact) mass is 160 g/mol. The van der Waals surface area contributed by atoms with E-state index in [2.05, 4.69) is 0 Å². The maximum atomic E-state index is 10.4. The molecule has 0 amide bonds. The number of rotatable bonds is 4. The van der Waals surface area contributed by atoms with Gasteiger partial charge in [-0.05, 0) is 12.8 Å². The molecule has 3 nitrogen and oxygen atoms in total. The van der Waals surface area contributed by atoms with Crippen molar-refractivity contribution >= 4 is 5.97 Å². The second kappa shape index (κ2) is 4.34. The molecule has 3 heteroatoms. The van der Waals surface area contributed by atoms with Crippen molar-refractivity contribution < 1.29 is 15.0 Å². The van der Waals surface area contributed by atoms with Crippen LogP contribution in [0.15, 0.2) is 0 Å². The maximum absolute atomic E-state index is 10.4. The lowest BCUT2D eigenvalue weighted by atomic mass is 9.92. The van der Waals surface area contributed by atoms with Crippen LogP contribution in [0.1, 0.15) is 27.2 Å². The smallest absolute Gasteiger partial charge is 0.308 e. The van der Waals surface area contributed by atoms with Crippen molar-refractivity contribution in [2.75, 3.05) is 0 Å². The van der Waals surface area contributed by atoms with Gasteiger partial charge < -0.3 is 10.2 Å². The maximum Gasteiger partial charge on any atom is 0.308 e.